The van der Waals surface area contributed by atoms with Crippen molar-refractivity contribution < 1.29 is 4.79 Å². The summed E-state index contributed by atoms with van der Waals surface area (Å²) in [6.07, 6.45) is 0. The van der Waals surface area contributed by atoms with E-state index in [-0.39, 0.29) is 17.2 Å². The maximum Gasteiger partial charge on any atom is 0.272 e. The highest BCUT2D eigenvalue weighted by atomic mass is 35.5. The van der Waals surface area contributed by atoms with Gasteiger partial charge in [-0.2, -0.15) is 0 Å². The zero-order valence-electron chi connectivity index (χ0n) is 14.4. The first-order chi connectivity index (χ1) is 12.4. The van der Waals surface area contributed by atoms with Gasteiger partial charge in [-0.05, 0) is 41.6 Å². The van der Waals surface area contributed by atoms with Gasteiger partial charge in [-0.25, -0.2) is 4.98 Å². The van der Waals surface area contributed by atoms with E-state index >= 15 is 0 Å². The van der Waals surface area contributed by atoms with Gasteiger partial charge in [0.25, 0.3) is 5.56 Å². The van der Waals surface area contributed by atoms with Gasteiger partial charge in [-0.15, -0.1) is 11.3 Å². The molecule has 3 aromatic rings. The molecule has 0 aliphatic carbocycles. The van der Waals surface area contributed by atoms with E-state index < -0.39 is 0 Å². The molecule has 2 heterocycles. The molecule has 0 radical (unpaired) electrons. The SMILES string of the molecule is CC(C)Cn1c(SCC(=O)Nc2ccc(Cl)cc2)nc2ccsc2c1=O. The molecule has 0 aliphatic rings. The predicted octanol–water partition coefficient (Wildman–Crippen LogP) is 4.50. The van der Waals surface area contributed by atoms with Crippen molar-refractivity contribution in [1.82, 2.24) is 9.55 Å². The lowest BCUT2D eigenvalue weighted by atomic mass is 10.2. The molecule has 0 saturated carbocycles. The molecule has 2 aromatic heterocycles. The van der Waals surface area contributed by atoms with Crippen LogP contribution in [0, 0.1) is 5.92 Å². The summed E-state index contributed by atoms with van der Waals surface area (Å²) < 4.78 is 2.32. The fraction of sp³-hybridized carbons (Fsp3) is 0.278. The first-order valence-electron chi connectivity index (χ1n) is 8.10. The third-order valence-electron chi connectivity index (χ3n) is 3.54. The molecule has 0 atom stereocenters. The Bertz CT molecular complexity index is 980. The first kappa shape index (κ1) is 18.9. The van der Waals surface area contributed by atoms with E-state index in [1.165, 1.54) is 23.1 Å². The van der Waals surface area contributed by atoms with Crippen LogP contribution in [0.3, 0.4) is 0 Å². The Morgan fingerprint density at radius 2 is 2.04 bits per heavy atom. The molecule has 5 nitrogen and oxygen atoms in total. The summed E-state index contributed by atoms with van der Waals surface area (Å²) >= 11 is 8.51. The van der Waals surface area contributed by atoms with Crippen molar-refractivity contribution in [2.45, 2.75) is 25.5 Å². The molecule has 0 fully saturated rings. The average molecular weight is 408 g/mol. The number of benzene rings is 1. The number of thioether (sulfide) groups is 1. The number of thiophene rings is 1. The van der Waals surface area contributed by atoms with Crippen molar-refractivity contribution >= 4 is 56.5 Å². The molecule has 136 valence electrons. The lowest BCUT2D eigenvalue weighted by Gasteiger charge is -2.13. The Morgan fingerprint density at radius 1 is 1.31 bits per heavy atom. The summed E-state index contributed by atoms with van der Waals surface area (Å²) in [7, 11) is 0. The number of halogens is 1. The van der Waals surface area contributed by atoms with E-state index in [9.17, 15) is 9.59 Å². The number of rotatable bonds is 6. The number of hydrogen-bond donors (Lipinski definition) is 1. The Morgan fingerprint density at radius 3 is 2.73 bits per heavy atom. The molecule has 0 bridgehead atoms. The standard InChI is InChI=1S/C18H18ClN3O2S2/c1-11(2)9-22-17(24)16-14(7-8-25-16)21-18(22)26-10-15(23)20-13-5-3-12(19)4-6-13/h3-8,11H,9-10H2,1-2H3,(H,20,23). The molecule has 0 unspecified atom stereocenters. The molecule has 3 rings (SSSR count). The number of aromatic nitrogens is 2. The van der Waals surface area contributed by atoms with Gasteiger partial charge in [0.2, 0.25) is 5.91 Å². The fourth-order valence-corrected chi connectivity index (χ4v) is 4.13. The van der Waals surface area contributed by atoms with Crippen molar-refractivity contribution in [3.63, 3.8) is 0 Å². The van der Waals surface area contributed by atoms with Gasteiger partial charge in [0.05, 0.1) is 11.3 Å². The monoisotopic (exact) mass is 407 g/mol. The molecule has 0 saturated heterocycles. The van der Waals surface area contributed by atoms with Crippen LogP contribution in [0.5, 0.6) is 0 Å². The van der Waals surface area contributed by atoms with Crippen molar-refractivity contribution in [3.8, 4) is 0 Å². The zero-order chi connectivity index (χ0) is 18.7. The molecule has 0 spiro atoms. The van der Waals surface area contributed by atoms with Crippen molar-refractivity contribution in [2.75, 3.05) is 11.1 Å². The number of carbonyl (C=O) groups is 1. The van der Waals surface area contributed by atoms with Crippen molar-refractivity contribution in [2.24, 2.45) is 5.92 Å². The Kier molecular flexibility index (Phi) is 6.01. The number of nitrogens with one attached hydrogen (secondary N) is 1. The number of amides is 1. The number of hydrogen-bond acceptors (Lipinski definition) is 5. The molecule has 0 aliphatic heterocycles. The molecule has 26 heavy (non-hydrogen) atoms. The van der Waals surface area contributed by atoms with E-state index in [1.807, 2.05) is 25.3 Å². The van der Waals surface area contributed by atoms with Crippen LogP contribution in [-0.2, 0) is 11.3 Å². The van der Waals surface area contributed by atoms with Gasteiger partial charge in [0, 0.05) is 17.3 Å². The summed E-state index contributed by atoms with van der Waals surface area (Å²) in [6.45, 7) is 4.67. The summed E-state index contributed by atoms with van der Waals surface area (Å²) in [6, 6.07) is 8.76. The van der Waals surface area contributed by atoms with Gasteiger partial charge in [-0.1, -0.05) is 37.2 Å². The van der Waals surface area contributed by atoms with Gasteiger partial charge >= 0.3 is 0 Å². The average Bonchev–Trinajstić information content (AvgIpc) is 3.06. The summed E-state index contributed by atoms with van der Waals surface area (Å²) in [4.78, 5) is 29.5. The van der Waals surface area contributed by atoms with Crippen LogP contribution in [0.4, 0.5) is 5.69 Å². The van der Waals surface area contributed by atoms with Crippen LogP contribution >= 0.6 is 34.7 Å². The molecule has 8 heteroatoms. The van der Waals surface area contributed by atoms with Gasteiger partial charge in [0.15, 0.2) is 5.16 Å². The molecule has 1 amide bonds. The van der Waals surface area contributed by atoms with Crippen LogP contribution in [0.25, 0.3) is 10.2 Å². The van der Waals surface area contributed by atoms with Crippen LogP contribution in [0.15, 0.2) is 45.7 Å². The number of nitrogens with zero attached hydrogens (tertiary/aromatic N) is 2. The smallest absolute Gasteiger partial charge is 0.272 e. The van der Waals surface area contributed by atoms with Crippen LogP contribution in [0.1, 0.15) is 13.8 Å². The highest BCUT2D eigenvalue weighted by molar-refractivity contribution is 7.99. The van der Waals surface area contributed by atoms with Crippen LogP contribution in [0.2, 0.25) is 5.02 Å². The fourth-order valence-electron chi connectivity index (χ4n) is 2.42. The van der Waals surface area contributed by atoms with Crippen LogP contribution in [-0.4, -0.2) is 21.2 Å². The summed E-state index contributed by atoms with van der Waals surface area (Å²) in [5.74, 6) is 0.310. The molecule has 1 N–H and O–H groups in total. The molecule has 1 aromatic carbocycles. The first-order valence-corrected chi connectivity index (χ1v) is 10.3. The third kappa shape index (κ3) is 4.47. The second-order valence-corrected chi connectivity index (χ2v) is 8.48. The molecular formula is C18H18ClN3O2S2. The van der Waals surface area contributed by atoms with E-state index in [0.29, 0.717) is 38.5 Å². The maximum absolute atomic E-state index is 12.7. The number of anilines is 1. The van der Waals surface area contributed by atoms with E-state index in [4.69, 9.17) is 11.6 Å². The predicted molar refractivity (Wildman–Crippen MR) is 110 cm³/mol. The number of fused-ring (bicyclic) bond motifs is 1. The largest absolute Gasteiger partial charge is 0.325 e. The number of carbonyl (C=O) groups excluding carboxylic acids is 1. The minimum absolute atomic E-state index is 0.0423. The minimum atomic E-state index is -0.159. The second kappa shape index (κ2) is 8.24. The Labute approximate surface area is 164 Å². The second-order valence-electron chi connectivity index (χ2n) is 6.18. The normalized spacial score (nSPS) is 11.2. The van der Waals surface area contributed by atoms with Crippen molar-refractivity contribution in [3.05, 3.63) is 51.1 Å². The van der Waals surface area contributed by atoms with Crippen molar-refractivity contribution in [1.29, 1.82) is 0 Å². The topological polar surface area (TPSA) is 64.0 Å². The van der Waals surface area contributed by atoms with Gasteiger partial charge in [0.1, 0.15) is 4.70 Å². The summed E-state index contributed by atoms with van der Waals surface area (Å²) in [5.41, 5.74) is 1.32. The zero-order valence-corrected chi connectivity index (χ0v) is 16.7. The minimum Gasteiger partial charge on any atom is -0.325 e. The van der Waals surface area contributed by atoms with Gasteiger partial charge in [-0.3, -0.25) is 14.2 Å². The lowest BCUT2D eigenvalue weighted by Crippen LogP contribution is -2.25. The molecular weight excluding hydrogens is 390 g/mol. The van der Waals surface area contributed by atoms with E-state index in [2.05, 4.69) is 10.3 Å². The van der Waals surface area contributed by atoms with E-state index in [0.717, 1.165) is 0 Å². The highest BCUT2D eigenvalue weighted by Crippen LogP contribution is 2.22. The summed E-state index contributed by atoms with van der Waals surface area (Å²) in [5, 5.41) is 5.86. The lowest BCUT2D eigenvalue weighted by molar-refractivity contribution is -0.113. The highest BCUT2D eigenvalue weighted by Gasteiger charge is 2.15. The Balaban J connectivity index is 1.77. The van der Waals surface area contributed by atoms with Crippen LogP contribution < -0.4 is 10.9 Å². The Hall–Kier alpha value is -1.83. The van der Waals surface area contributed by atoms with Gasteiger partial charge < -0.3 is 5.32 Å². The van der Waals surface area contributed by atoms with E-state index in [1.54, 1.807) is 28.8 Å². The quantitative estimate of drug-likeness (QED) is 0.482. The third-order valence-corrected chi connectivity index (χ3v) is 5.66. The maximum atomic E-state index is 12.7.